The van der Waals surface area contributed by atoms with Gasteiger partial charge in [-0.15, -0.1) is 0 Å². The van der Waals surface area contributed by atoms with Crippen LogP contribution in [-0.4, -0.2) is 58.5 Å². The number of benzene rings is 1. The Bertz CT molecular complexity index is 902. The van der Waals surface area contributed by atoms with Crippen LogP contribution in [0, 0.1) is 6.92 Å². The maximum Gasteiger partial charge on any atom is 0.269 e. The number of para-hydroxylation sites is 1. The summed E-state index contributed by atoms with van der Waals surface area (Å²) in [6.07, 6.45) is 4.23. The van der Waals surface area contributed by atoms with Gasteiger partial charge in [-0.2, -0.15) is 5.10 Å². The van der Waals surface area contributed by atoms with Crippen LogP contribution in [0.15, 0.2) is 30.3 Å². The number of rotatable bonds is 7. The highest BCUT2D eigenvalue weighted by molar-refractivity contribution is 5.92. The Hall–Kier alpha value is -2.38. The minimum atomic E-state index is -0.0876. The Labute approximate surface area is 184 Å². The van der Waals surface area contributed by atoms with Gasteiger partial charge in [-0.1, -0.05) is 18.2 Å². The van der Waals surface area contributed by atoms with Gasteiger partial charge in [0.15, 0.2) is 0 Å². The average molecular weight is 427 g/mol. The number of ether oxygens (including phenoxy) is 2. The number of carbonyl (C=O) groups excluding carboxylic acids is 1. The third-order valence-electron chi connectivity index (χ3n) is 6.50. The van der Waals surface area contributed by atoms with E-state index in [1.54, 1.807) is 11.7 Å². The highest BCUT2D eigenvalue weighted by Crippen LogP contribution is 2.39. The predicted octanol–water partition coefficient (Wildman–Crippen LogP) is 3.07. The van der Waals surface area contributed by atoms with E-state index in [1.807, 2.05) is 26.0 Å². The van der Waals surface area contributed by atoms with Crippen molar-refractivity contribution in [3.63, 3.8) is 0 Å². The Morgan fingerprint density at radius 1 is 1.29 bits per heavy atom. The lowest BCUT2D eigenvalue weighted by Crippen LogP contribution is -2.45. The number of nitrogens with zero attached hydrogens (tertiary/aromatic N) is 3. The van der Waals surface area contributed by atoms with Crippen molar-refractivity contribution < 1.29 is 14.3 Å². The molecule has 7 nitrogen and oxygen atoms in total. The summed E-state index contributed by atoms with van der Waals surface area (Å²) in [5.74, 6) is 0.900. The second-order valence-corrected chi connectivity index (χ2v) is 8.78. The third kappa shape index (κ3) is 5.10. The van der Waals surface area contributed by atoms with E-state index in [1.165, 1.54) is 5.56 Å². The Morgan fingerprint density at radius 2 is 2.06 bits per heavy atom. The van der Waals surface area contributed by atoms with E-state index in [0.717, 1.165) is 56.8 Å². The molecular formula is C24H34N4O3. The third-order valence-corrected chi connectivity index (χ3v) is 6.50. The van der Waals surface area contributed by atoms with E-state index >= 15 is 0 Å². The quantitative estimate of drug-likeness (QED) is 0.737. The molecule has 1 aromatic heterocycles. The normalized spacial score (nSPS) is 20.8. The van der Waals surface area contributed by atoms with Crippen molar-refractivity contribution in [2.24, 2.45) is 7.05 Å². The molecule has 7 heteroatoms. The number of hydrogen-bond donors (Lipinski definition) is 1. The maximum atomic E-state index is 12.4. The van der Waals surface area contributed by atoms with Crippen LogP contribution in [0.25, 0.3) is 0 Å². The molecule has 2 aromatic rings. The molecule has 0 saturated carbocycles. The van der Waals surface area contributed by atoms with Gasteiger partial charge in [0.1, 0.15) is 11.4 Å². The van der Waals surface area contributed by atoms with Crippen molar-refractivity contribution in [2.45, 2.75) is 57.8 Å². The number of aromatic nitrogens is 2. The number of amides is 1. The van der Waals surface area contributed by atoms with E-state index in [0.29, 0.717) is 18.8 Å². The summed E-state index contributed by atoms with van der Waals surface area (Å²) < 4.78 is 13.9. The first-order chi connectivity index (χ1) is 15.0. The van der Waals surface area contributed by atoms with Gasteiger partial charge < -0.3 is 14.8 Å². The Kier molecular flexibility index (Phi) is 6.62. The Morgan fingerprint density at radius 3 is 2.77 bits per heavy atom. The number of hydrogen-bond acceptors (Lipinski definition) is 5. The van der Waals surface area contributed by atoms with Crippen molar-refractivity contribution in [3.05, 3.63) is 47.3 Å². The standard InChI is InChI=1S/C24H34N4O3/c1-4-30-22-8-6-5-7-19(22)17-28-13-11-24(12-14-28)10-9-20(31-24)16-25-23(29)21-15-18(2)26-27(21)3/h5-8,15,20H,4,9-14,16-17H2,1-3H3,(H,25,29). The fourth-order valence-electron chi connectivity index (χ4n) is 4.82. The lowest BCUT2D eigenvalue weighted by molar-refractivity contribution is -0.0765. The molecule has 2 saturated heterocycles. The zero-order valence-corrected chi connectivity index (χ0v) is 18.9. The summed E-state index contributed by atoms with van der Waals surface area (Å²) in [7, 11) is 1.80. The number of aryl methyl sites for hydroxylation is 2. The van der Waals surface area contributed by atoms with E-state index in [2.05, 4.69) is 33.5 Å². The largest absolute Gasteiger partial charge is 0.494 e. The molecular weight excluding hydrogens is 392 g/mol. The monoisotopic (exact) mass is 426 g/mol. The molecule has 0 bridgehead atoms. The summed E-state index contributed by atoms with van der Waals surface area (Å²) >= 11 is 0. The molecule has 2 fully saturated rings. The molecule has 2 aliphatic heterocycles. The van der Waals surface area contributed by atoms with Gasteiger partial charge in [0.05, 0.1) is 24.0 Å². The zero-order valence-electron chi connectivity index (χ0n) is 18.9. The molecule has 1 N–H and O–H groups in total. The van der Waals surface area contributed by atoms with Crippen LogP contribution in [-0.2, 0) is 18.3 Å². The summed E-state index contributed by atoms with van der Waals surface area (Å²) in [5, 5.41) is 7.27. The van der Waals surface area contributed by atoms with Gasteiger partial charge in [-0.05, 0) is 51.7 Å². The van der Waals surface area contributed by atoms with Crippen molar-refractivity contribution in [1.82, 2.24) is 20.0 Å². The highest BCUT2D eigenvalue weighted by atomic mass is 16.5. The molecule has 168 valence electrons. The summed E-state index contributed by atoms with van der Waals surface area (Å²) in [5.41, 5.74) is 2.65. The topological polar surface area (TPSA) is 68.6 Å². The van der Waals surface area contributed by atoms with E-state index in [-0.39, 0.29) is 17.6 Å². The van der Waals surface area contributed by atoms with E-state index in [9.17, 15) is 4.79 Å². The minimum absolute atomic E-state index is 0.0333. The van der Waals surface area contributed by atoms with Crippen molar-refractivity contribution >= 4 is 5.91 Å². The van der Waals surface area contributed by atoms with E-state index < -0.39 is 0 Å². The molecule has 0 aliphatic carbocycles. The van der Waals surface area contributed by atoms with Crippen LogP contribution >= 0.6 is 0 Å². The number of carbonyl (C=O) groups is 1. The smallest absolute Gasteiger partial charge is 0.269 e. The van der Waals surface area contributed by atoms with Gasteiger partial charge in [-0.25, -0.2) is 0 Å². The summed E-state index contributed by atoms with van der Waals surface area (Å²) in [6.45, 7) is 8.11. The zero-order chi connectivity index (χ0) is 21.8. The summed E-state index contributed by atoms with van der Waals surface area (Å²) in [4.78, 5) is 14.9. The van der Waals surface area contributed by atoms with Gasteiger partial charge in [0.25, 0.3) is 5.91 Å². The summed E-state index contributed by atoms with van der Waals surface area (Å²) in [6, 6.07) is 10.1. The van der Waals surface area contributed by atoms with Crippen LogP contribution in [0.1, 0.15) is 54.4 Å². The molecule has 1 spiro atoms. The van der Waals surface area contributed by atoms with Gasteiger partial charge in [0.2, 0.25) is 0 Å². The fourth-order valence-corrected chi connectivity index (χ4v) is 4.82. The van der Waals surface area contributed by atoms with Crippen LogP contribution < -0.4 is 10.1 Å². The number of nitrogens with one attached hydrogen (secondary N) is 1. The molecule has 1 unspecified atom stereocenters. The lowest BCUT2D eigenvalue weighted by atomic mass is 9.88. The molecule has 0 radical (unpaired) electrons. The first-order valence-electron chi connectivity index (χ1n) is 11.4. The molecule has 1 atom stereocenters. The first-order valence-corrected chi connectivity index (χ1v) is 11.4. The maximum absolute atomic E-state index is 12.4. The average Bonchev–Trinajstić information content (AvgIpc) is 3.32. The van der Waals surface area contributed by atoms with Gasteiger partial charge in [0, 0.05) is 38.8 Å². The second-order valence-electron chi connectivity index (χ2n) is 8.78. The predicted molar refractivity (Wildman–Crippen MR) is 119 cm³/mol. The molecule has 31 heavy (non-hydrogen) atoms. The van der Waals surface area contributed by atoms with Crippen molar-refractivity contribution in [1.29, 1.82) is 0 Å². The van der Waals surface area contributed by atoms with Crippen LogP contribution in [0.4, 0.5) is 0 Å². The fraction of sp³-hybridized carbons (Fsp3) is 0.583. The van der Waals surface area contributed by atoms with Crippen molar-refractivity contribution in [3.8, 4) is 5.75 Å². The van der Waals surface area contributed by atoms with Crippen LogP contribution in [0.3, 0.4) is 0 Å². The lowest BCUT2D eigenvalue weighted by Gasteiger charge is -2.39. The molecule has 3 heterocycles. The minimum Gasteiger partial charge on any atom is -0.494 e. The first kappa shape index (κ1) is 21.8. The molecule has 1 aromatic carbocycles. The second kappa shape index (κ2) is 9.40. The van der Waals surface area contributed by atoms with Gasteiger partial charge in [-0.3, -0.25) is 14.4 Å². The van der Waals surface area contributed by atoms with Gasteiger partial charge >= 0.3 is 0 Å². The molecule has 4 rings (SSSR count). The van der Waals surface area contributed by atoms with Crippen molar-refractivity contribution in [2.75, 3.05) is 26.2 Å². The van der Waals surface area contributed by atoms with E-state index in [4.69, 9.17) is 9.47 Å². The molecule has 1 amide bonds. The SMILES string of the molecule is CCOc1ccccc1CN1CCC2(CCC(CNC(=O)c3cc(C)nn3C)O2)CC1. The highest BCUT2D eigenvalue weighted by Gasteiger charge is 2.42. The van der Waals surface area contributed by atoms with Crippen LogP contribution in [0.5, 0.6) is 5.75 Å². The molecule has 2 aliphatic rings. The van der Waals surface area contributed by atoms with Crippen LogP contribution in [0.2, 0.25) is 0 Å². The number of likely N-dealkylation sites (tertiary alicyclic amines) is 1. The number of piperidine rings is 1. The Balaban J connectivity index is 1.25.